The molecular formula is C22H19N3O. The number of aryl methyl sites for hydroxylation is 1. The lowest BCUT2D eigenvalue weighted by Crippen LogP contribution is -2.07. The molecule has 0 aliphatic rings. The number of hydrogen-bond acceptors (Lipinski definition) is 2. The van der Waals surface area contributed by atoms with Gasteiger partial charge in [0, 0.05) is 52.5 Å². The van der Waals surface area contributed by atoms with Gasteiger partial charge in [-0.3, -0.25) is 9.78 Å². The van der Waals surface area contributed by atoms with E-state index in [1.54, 1.807) is 18.5 Å². The van der Waals surface area contributed by atoms with Gasteiger partial charge in [-0.05, 0) is 48.9 Å². The van der Waals surface area contributed by atoms with Crippen LogP contribution in [0.4, 0.5) is 5.69 Å². The molecule has 128 valence electrons. The monoisotopic (exact) mass is 341 g/mol. The number of nitrogens with zero attached hydrogens (tertiary/aromatic N) is 2. The number of aromatic nitrogens is 2. The van der Waals surface area contributed by atoms with Crippen LogP contribution in [-0.4, -0.2) is 15.5 Å². The van der Waals surface area contributed by atoms with Gasteiger partial charge in [0.1, 0.15) is 0 Å². The van der Waals surface area contributed by atoms with Crippen LogP contribution in [-0.2, 0) is 11.3 Å². The number of carbonyl (C=O) groups excluding carboxylic acids is 1. The Morgan fingerprint density at radius 1 is 1.08 bits per heavy atom. The van der Waals surface area contributed by atoms with Gasteiger partial charge in [0.05, 0.1) is 0 Å². The summed E-state index contributed by atoms with van der Waals surface area (Å²) in [5, 5.41) is 5.29. The normalized spacial score (nSPS) is 11.4. The molecular weight excluding hydrogens is 322 g/mol. The number of fused-ring (bicyclic) bond motifs is 3. The van der Waals surface area contributed by atoms with Crippen molar-refractivity contribution in [3.8, 4) is 0 Å². The van der Waals surface area contributed by atoms with Crippen molar-refractivity contribution in [2.24, 2.45) is 0 Å². The Kier molecular flexibility index (Phi) is 4.23. The molecule has 2 aromatic heterocycles. The number of rotatable bonds is 4. The minimum Gasteiger partial charge on any atom is -0.341 e. The molecule has 0 saturated carbocycles. The quantitative estimate of drug-likeness (QED) is 0.539. The minimum absolute atomic E-state index is 0.160. The Labute approximate surface area is 151 Å². The largest absolute Gasteiger partial charge is 0.341 e. The zero-order valence-corrected chi connectivity index (χ0v) is 14.5. The van der Waals surface area contributed by atoms with E-state index in [1.807, 2.05) is 30.3 Å². The van der Waals surface area contributed by atoms with Gasteiger partial charge in [-0.15, -0.1) is 0 Å². The van der Waals surface area contributed by atoms with E-state index in [2.05, 4.69) is 46.1 Å². The van der Waals surface area contributed by atoms with Crippen LogP contribution in [0.2, 0.25) is 0 Å². The van der Waals surface area contributed by atoms with E-state index in [0.29, 0.717) is 0 Å². The molecule has 0 aliphatic carbocycles. The van der Waals surface area contributed by atoms with E-state index in [9.17, 15) is 4.79 Å². The first-order chi connectivity index (χ1) is 12.8. The summed E-state index contributed by atoms with van der Waals surface area (Å²) in [6.45, 7) is 3.05. The maximum atomic E-state index is 12.2. The first kappa shape index (κ1) is 16.1. The van der Waals surface area contributed by atoms with E-state index < -0.39 is 0 Å². The van der Waals surface area contributed by atoms with Crippen molar-refractivity contribution in [3.63, 3.8) is 0 Å². The first-order valence-corrected chi connectivity index (χ1v) is 8.66. The highest BCUT2D eigenvalue weighted by Gasteiger charge is 2.10. The van der Waals surface area contributed by atoms with Crippen LogP contribution >= 0.6 is 0 Å². The third-order valence-electron chi connectivity index (χ3n) is 4.47. The molecule has 0 spiro atoms. The average Bonchev–Trinajstić information content (AvgIpc) is 3.00. The van der Waals surface area contributed by atoms with Crippen molar-refractivity contribution in [1.29, 1.82) is 0 Å². The highest BCUT2D eigenvalue weighted by molar-refractivity contribution is 6.10. The fraction of sp³-hybridized carbons (Fsp3) is 0.0909. The van der Waals surface area contributed by atoms with Gasteiger partial charge in [-0.25, -0.2) is 0 Å². The van der Waals surface area contributed by atoms with E-state index in [1.165, 1.54) is 22.5 Å². The maximum Gasteiger partial charge on any atom is 0.248 e. The van der Waals surface area contributed by atoms with Crippen molar-refractivity contribution < 1.29 is 4.79 Å². The number of nitrogens with one attached hydrogen (secondary N) is 1. The van der Waals surface area contributed by atoms with Crippen molar-refractivity contribution >= 4 is 39.5 Å². The fourth-order valence-electron chi connectivity index (χ4n) is 3.30. The third kappa shape index (κ3) is 2.97. The summed E-state index contributed by atoms with van der Waals surface area (Å²) in [6.07, 6.45) is 6.70. The second kappa shape index (κ2) is 6.84. The van der Waals surface area contributed by atoms with E-state index in [4.69, 9.17) is 0 Å². The van der Waals surface area contributed by atoms with Crippen LogP contribution in [0.3, 0.4) is 0 Å². The van der Waals surface area contributed by atoms with Crippen LogP contribution < -0.4 is 5.32 Å². The van der Waals surface area contributed by atoms with Gasteiger partial charge in [0.25, 0.3) is 0 Å². The molecule has 1 N–H and O–H groups in total. The number of amides is 1. The topological polar surface area (TPSA) is 46.9 Å². The molecule has 0 saturated heterocycles. The second-order valence-corrected chi connectivity index (χ2v) is 6.10. The summed E-state index contributed by atoms with van der Waals surface area (Å²) in [6, 6.07) is 18.2. The summed E-state index contributed by atoms with van der Waals surface area (Å²) in [5.41, 5.74) is 4.07. The molecule has 0 atom stereocenters. The summed E-state index contributed by atoms with van der Waals surface area (Å²) in [4.78, 5) is 16.3. The van der Waals surface area contributed by atoms with Gasteiger partial charge in [0.15, 0.2) is 0 Å². The van der Waals surface area contributed by atoms with Crippen molar-refractivity contribution in [1.82, 2.24) is 9.55 Å². The fourth-order valence-corrected chi connectivity index (χ4v) is 3.30. The number of para-hydroxylation sites is 1. The molecule has 4 heteroatoms. The van der Waals surface area contributed by atoms with E-state index >= 15 is 0 Å². The molecule has 0 fully saturated rings. The minimum atomic E-state index is -0.160. The molecule has 1 amide bonds. The Balaban J connectivity index is 1.64. The molecule has 26 heavy (non-hydrogen) atoms. The van der Waals surface area contributed by atoms with Gasteiger partial charge in [-0.2, -0.15) is 0 Å². The summed E-state index contributed by atoms with van der Waals surface area (Å²) in [5.74, 6) is -0.160. The van der Waals surface area contributed by atoms with Crippen LogP contribution in [0, 0.1) is 0 Å². The highest BCUT2D eigenvalue weighted by Crippen LogP contribution is 2.30. The molecule has 2 aromatic carbocycles. The predicted octanol–water partition coefficient (Wildman–Crippen LogP) is 4.86. The molecule has 0 radical (unpaired) electrons. The Bertz CT molecular complexity index is 1110. The zero-order chi connectivity index (χ0) is 17.9. The number of benzene rings is 2. The van der Waals surface area contributed by atoms with Crippen LogP contribution in [0.5, 0.6) is 0 Å². The van der Waals surface area contributed by atoms with Crippen LogP contribution in [0.1, 0.15) is 12.5 Å². The Morgan fingerprint density at radius 2 is 1.92 bits per heavy atom. The molecule has 0 aliphatic heterocycles. The van der Waals surface area contributed by atoms with Gasteiger partial charge in [0.2, 0.25) is 5.91 Å². The molecule has 4 rings (SSSR count). The van der Waals surface area contributed by atoms with Crippen molar-refractivity contribution in [2.45, 2.75) is 13.5 Å². The standard InChI is InChI=1S/C22H19N3O/c1-2-25-20-8-4-3-7-18(20)19-14-17(10-11-21(19)25)24-22(26)12-9-16-6-5-13-23-15-16/h3-15H,2H2,1H3,(H,24,26)/b12-9+. The number of hydrogen-bond donors (Lipinski definition) is 1. The molecule has 2 heterocycles. The van der Waals surface area contributed by atoms with Crippen LogP contribution in [0.15, 0.2) is 73.1 Å². The molecule has 4 aromatic rings. The van der Waals surface area contributed by atoms with E-state index in [0.717, 1.165) is 23.2 Å². The molecule has 0 unspecified atom stereocenters. The smallest absolute Gasteiger partial charge is 0.248 e. The summed E-state index contributed by atoms with van der Waals surface area (Å²) < 4.78 is 2.29. The number of carbonyl (C=O) groups is 1. The lowest BCUT2D eigenvalue weighted by atomic mass is 10.1. The Hall–Kier alpha value is -3.40. The van der Waals surface area contributed by atoms with Crippen LogP contribution in [0.25, 0.3) is 27.9 Å². The second-order valence-electron chi connectivity index (χ2n) is 6.10. The average molecular weight is 341 g/mol. The van der Waals surface area contributed by atoms with Gasteiger partial charge in [-0.1, -0.05) is 24.3 Å². The zero-order valence-electron chi connectivity index (χ0n) is 14.5. The van der Waals surface area contributed by atoms with Crippen molar-refractivity contribution in [2.75, 3.05) is 5.32 Å². The SMILES string of the molecule is CCn1c2ccccc2c2cc(NC(=O)/C=C/c3cccnc3)ccc21. The summed E-state index contributed by atoms with van der Waals surface area (Å²) >= 11 is 0. The molecule has 4 nitrogen and oxygen atoms in total. The Morgan fingerprint density at radius 3 is 2.73 bits per heavy atom. The molecule has 0 bridgehead atoms. The van der Waals surface area contributed by atoms with E-state index in [-0.39, 0.29) is 5.91 Å². The lowest BCUT2D eigenvalue weighted by molar-refractivity contribution is -0.111. The van der Waals surface area contributed by atoms with Gasteiger partial charge < -0.3 is 9.88 Å². The maximum absolute atomic E-state index is 12.2. The summed E-state index contributed by atoms with van der Waals surface area (Å²) in [7, 11) is 0. The van der Waals surface area contributed by atoms with Gasteiger partial charge >= 0.3 is 0 Å². The third-order valence-corrected chi connectivity index (χ3v) is 4.47. The number of pyridine rings is 1. The number of anilines is 1. The predicted molar refractivity (Wildman–Crippen MR) is 107 cm³/mol. The lowest BCUT2D eigenvalue weighted by Gasteiger charge is -2.05. The highest BCUT2D eigenvalue weighted by atomic mass is 16.1. The van der Waals surface area contributed by atoms with Crippen molar-refractivity contribution in [3.05, 3.63) is 78.6 Å². The first-order valence-electron chi connectivity index (χ1n) is 8.66.